The molecule has 1 aliphatic carbocycles. The largest absolute Gasteiger partial charge is 0.362 e. The number of nitrogens with one attached hydrogen (secondary N) is 1. The molecule has 106 valence electrons. The minimum atomic E-state index is 0.351. The highest BCUT2D eigenvalue weighted by molar-refractivity contribution is 7.18. The van der Waals surface area contributed by atoms with Gasteiger partial charge in [-0.2, -0.15) is 0 Å². The number of hydrogen-bond acceptors (Lipinski definition) is 4. The number of fused-ring (bicyclic) bond motifs is 1. The lowest BCUT2D eigenvalue weighted by molar-refractivity contribution is 0.676. The smallest absolute Gasteiger partial charge is 0.138 e. The van der Waals surface area contributed by atoms with E-state index in [0.29, 0.717) is 6.04 Å². The molecule has 3 nitrogen and oxygen atoms in total. The Morgan fingerprint density at radius 1 is 1.19 bits per heavy atom. The van der Waals surface area contributed by atoms with Gasteiger partial charge >= 0.3 is 0 Å². The van der Waals surface area contributed by atoms with Crippen molar-refractivity contribution in [3.05, 3.63) is 53.2 Å². The first-order valence-electron chi connectivity index (χ1n) is 7.34. The fourth-order valence-corrected chi connectivity index (χ4v) is 3.65. The molecule has 0 saturated heterocycles. The molecule has 0 spiro atoms. The summed E-state index contributed by atoms with van der Waals surface area (Å²) >= 11 is 1.72. The molecule has 4 rings (SSSR count). The summed E-state index contributed by atoms with van der Waals surface area (Å²) in [7, 11) is 0. The Morgan fingerprint density at radius 2 is 2.00 bits per heavy atom. The van der Waals surface area contributed by atoms with Gasteiger partial charge in [0.05, 0.1) is 11.4 Å². The number of hydrogen-bond donors (Lipinski definition) is 1. The summed E-state index contributed by atoms with van der Waals surface area (Å²) in [5, 5.41) is 4.81. The second-order valence-electron chi connectivity index (χ2n) is 5.67. The lowest BCUT2D eigenvalue weighted by Gasteiger charge is -2.19. The van der Waals surface area contributed by atoms with E-state index in [1.54, 1.807) is 17.7 Å². The fraction of sp³-hybridized carbons (Fsp3) is 0.294. The predicted octanol–water partition coefficient (Wildman–Crippen LogP) is 4.56. The third-order valence-electron chi connectivity index (χ3n) is 4.00. The molecule has 1 aromatic carbocycles. The van der Waals surface area contributed by atoms with Crippen LogP contribution in [0.4, 0.5) is 5.82 Å². The topological polar surface area (TPSA) is 37.8 Å². The van der Waals surface area contributed by atoms with Crippen LogP contribution in [0.1, 0.15) is 29.3 Å². The van der Waals surface area contributed by atoms with E-state index in [4.69, 9.17) is 0 Å². The maximum atomic E-state index is 4.48. The van der Waals surface area contributed by atoms with Crippen molar-refractivity contribution in [3.8, 4) is 0 Å². The molecule has 1 N–H and O–H groups in total. The van der Waals surface area contributed by atoms with Gasteiger partial charge in [-0.15, -0.1) is 11.3 Å². The van der Waals surface area contributed by atoms with Crippen molar-refractivity contribution in [1.82, 2.24) is 9.97 Å². The molecule has 1 saturated carbocycles. The van der Waals surface area contributed by atoms with Crippen LogP contribution in [0, 0.1) is 12.8 Å². The van der Waals surface area contributed by atoms with E-state index in [1.165, 1.54) is 23.3 Å². The number of nitrogens with zero attached hydrogens (tertiary/aromatic N) is 2. The first kappa shape index (κ1) is 12.8. The Labute approximate surface area is 128 Å². The van der Waals surface area contributed by atoms with Crippen LogP contribution in [-0.4, -0.2) is 9.97 Å². The Bertz CT molecular complexity index is 762. The number of aryl methyl sites for hydroxylation is 1. The number of rotatable bonds is 4. The lowest BCUT2D eigenvalue weighted by Crippen LogP contribution is -2.14. The van der Waals surface area contributed by atoms with Crippen LogP contribution in [0.15, 0.2) is 42.7 Å². The van der Waals surface area contributed by atoms with Crippen molar-refractivity contribution in [2.45, 2.75) is 25.8 Å². The standard InChI is InChI=1S/C17H17N3S/c1-11-9-14-16(18-10-19-17(14)21-11)20-15(13-7-8-13)12-5-3-2-4-6-12/h2-6,9-10,13,15H,7-8H2,1H3,(H,18,19,20). The van der Waals surface area contributed by atoms with Gasteiger partial charge in [-0.3, -0.25) is 0 Å². The van der Waals surface area contributed by atoms with Gasteiger partial charge in [-0.25, -0.2) is 9.97 Å². The van der Waals surface area contributed by atoms with Crippen molar-refractivity contribution >= 4 is 27.4 Å². The summed E-state index contributed by atoms with van der Waals surface area (Å²) in [6.07, 6.45) is 4.25. The maximum absolute atomic E-state index is 4.48. The van der Waals surface area contributed by atoms with Crippen molar-refractivity contribution in [3.63, 3.8) is 0 Å². The quantitative estimate of drug-likeness (QED) is 0.766. The average molecular weight is 295 g/mol. The molecule has 1 aliphatic rings. The second kappa shape index (κ2) is 5.11. The molecule has 1 unspecified atom stereocenters. The predicted molar refractivity (Wildman–Crippen MR) is 87.7 cm³/mol. The van der Waals surface area contributed by atoms with Crippen molar-refractivity contribution in [2.75, 3.05) is 5.32 Å². The SMILES string of the molecule is Cc1cc2c(NC(c3ccccc3)C3CC3)ncnc2s1. The van der Waals surface area contributed by atoms with Gasteiger partial charge in [0.2, 0.25) is 0 Å². The van der Waals surface area contributed by atoms with E-state index in [-0.39, 0.29) is 0 Å². The lowest BCUT2D eigenvalue weighted by atomic mass is 10.0. The van der Waals surface area contributed by atoms with Gasteiger partial charge in [0, 0.05) is 4.88 Å². The summed E-state index contributed by atoms with van der Waals surface area (Å²) < 4.78 is 0. The van der Waals surface area contributed by atoms with E-state index >= 15 is 0 Å². The van der Waals surface area contributed by atoms with Crippen molar-refractivity contribution in [2.24, 2.45) is 5.92 Å². The minimum absolute atomic E-state index is 0.351. The van der Waals surface area contributed by atoms with Crippen LogP contribution in [0.3, 0.4) is 0 Å². The third kappa shape index (κ3) is 2.51. The van der Waals surface area contributed by atoms with Gasteiger partial charge in [0.25, 0.3) is 0 Å². The van der Waals surface area contributed by atoms with Gasteiger partial charge in [-0.1, -0.05) is 30.3 Å². The summed E-state index contributed by atoms with van der Waals surface area (Å²) in [6.45, 7) is 2.12. The zero-order chi connectivity index (χ0) is 14.2. The number of thiophene rings is 1. The molecular formula is C17H17N3S. The zero-order valence-corrected chi connectivity index (χ0v) is 12.7. The first-order chi connectivity index (χ1) is 10.3. The van der Waals surface area contributed by atoms with Gasteiger partial charge in [0.15, 0.2) is 0 Å². The van der Waals surface area contributed by atoms with Crippen LogP contribution >= 0.6 is 11.3 Å². The number of anilines is 1. The van der Waals surface area contributed by atoms with Crippen molar-refractivity contribution < 1.29 is 0 Å². The molecule has 3 aromatic rings. The molecule has 1 atom stereocenters. The summed E-state index contributed by atoms with van der Waals surface area (Å²) in [5.41, 5.74) is 1.35. The molecule has 0 radical (unpaired) electrons. The highest BCUT2D eigenvalue weighted by Gasteiger charge is 2.32. The average Bonchev–Trinajstić information content (AvgIpc) is 3.26. The van der Waals surface area contributed by atoms with Gasteiger partial charge < -0.3 is 5.32 Å². The molecular weight excluding hydrogens is 278 g/mol. The summed E-state index contributed by atoms with van der Waals surface area (Å²) in [5.74, 6) is 1.68. The van der Waals surface area contributed by atoms with E-state index in [9.17, 15) is 0 Å². The van der Waals surface area contributed by atoms with Crippen LogP contribution in [-0.2, 0) is 0 Å². The second-order valence-corrected chi connectivity index (χ2v) is 6.90. The van der Waals surface area contributed by atoms with E-state index in [2.05, 4.69) is 58.6 Å². The highest BCUT2D eigenvalue weighted by Crippen LogP contribution is 2.43. The Kier molecular flexibility index (Phi) is 3.11. The summed E-state index contributed by atoms with van der Waals surface area (Å²) in [4.78, 5) is 11.2. The van der Waals surface area contributed by atoms with Crippen LogP contribution in [0.5, 0.6) is 0 Å². The third-order valence-corrected chi connectivity index (χ3v) is 4.96. The van der Waals surface area contributed by atoms with Crippen LogP contribution in [0.25, 0.3) is 10.2 Å². The Morgan fingerprint density at radius 3 is 2.76 bits per heavy atom. The Balaban J connectivity index is 1.72. The fourth-order valence-electron chi connectivity index (χ4n) is 2.80. The highest BCUT2D eigenvalue weighted by atomic mass is 32.1. The molecule has 0 amide bonds. The van der Waals surface area contributed by atoms with Crippen molar-refractivity contribution in [1.29, 1.82) is 0 Å². The molecule has 4 heteroatoms. The maximum Gasteiger partial charge on any atom is 0.138 e. The molecule has 2 heterocycles. The van der Waals surface area contributed by atoms with Gasteiger partial charge in [-0.05, 0) is 37.3 Å². The van der Waals surface area contributed by atoms with E-state index < -0.39 is 0 Å². The van der Waals surface area contributed by atoms with Gasteiger partial charge in [0.1, 0.15) is 17.0 Å². The van der Waals surface area contributed by atoms with Crippen LogP contribution in [0.2, 0.25) is 0 Å². The molecule has 21 heavy (non-hydrogen) atoms. The molecule has 1 fully saturated rings. The van der Waals surface area contributed by atoms with Crippen LogP contribution < -0.4 is 5.32 Å². The molecule has 0 aliphatic heterocycles. The normalized spacial score (nSPS) is 16.0. The zero-order valence-electron chi connectivity index (χ0n) is 11.9. The number of aromatic nitrogens is 2. The minimum Gasteiger partial charge on any atom is -0.362 e. The first-order valence-corrected chi connectivity index (χ1v) is 8.15. The summed E-state index contributed by atoms with van der Waals surface area (Å²) in [6, 6.07) is 13.2. The van der Waals surface area contributed by atoms with E-state index in [1.807, 2.05) is 0 Å². The van der Waals surface area contributed by atoms with E-state index in [0.717, 1.165) is 22.0 Å². The molecule has 0 bridgehead atoms. The monoisotopic (exact) mass is 295 g/mol. The Hall–Kier alpha value is -1.94. The number of benzene rings is 1. The molecule has 2 aromatic heterocycles.